The van der Waals surface area contributed by atoms with Crippen LogP contribution in [0.4, 0.5) is 5.82 Å². The summed E-state index contributed by atoms with van der Waals surface area (Å²) in [5.74, 6) is 1.69. The van der Waals surface area contributed by atoms with Crippen molar-refractivity contribution in [1.29, 1.82) is 0 Å². The van der Waals surface area contributed by atoms with E-state index in [1.807, 2.05) is 11.3 Å². The molecule has 0 aromatic carbocycles. The van der Waals surface area contributed by atoms with E-state index in [2.05, 4.69) is 54.8 Å². The predicted molar refractivity (Wildman–Crippen MR) is 97.2 cm³/mol. The molecule has 1 atom stereocenters. The summed E-state index contributed by atoms with van der Waals surface area (Å²) in [5, 5.41) is 13.6. The minimum Gasteiger partial charge on any atom is -0.367 e. The first-order valence-electron chi connectivity index (χ1n) is 8.46. The lowest BCUT2D eigenvalue weighted by Gasteiger charge is -2.36. The van der Waals surface area contributed by atoms with Crippen molar-refractivity contribution in [3.05, 3.63) is 34.9 Å². The molecule has 7 heteroatoms. The molecule has 0 radical (unpaired) electrons. The molecule has 0 aliphatic carbocycles. The number of nitrogens with zero attached hydrogens (tertiary/aromatic N) is 4. The Labute approximate surface area is 145 Å². The van der Waals surface area contributed by atoms with E-state index in [0.29, 0.717) is 6.04 Å². The zero-order valence-electron chi connectivity index (χ0n) is 13.8. The molecule has 0 amide bonds. The third-order valence-electron chi connectivity index (χ3n) is 4.84. The molecule has 24 heavy (non-hydrogen) atoms. The molecule has 4 heterocycles. The maximum atomic E-state index is 4.39. The third-order valence-corrected chi connectivity index (χ3v) is 5.82. The number of hydrogen-bond acceptors (Lipinski definition) is 6. The molecule has 0 unspecified atom stereocenters. The number of anilines is 1. The van der Waals surface area contributed by atoms with Crippen molar-refractivity contribution >= 4 is 28.2 Å². The molecule has 3 aromatic heterocycles. The average Bonchev–Trinajstić information content (AvgIpc) is 3.28. The summed E-state index contributed by atoms with van der Waals surface area (Å²) in [7, 11) is 0. The lowest BCUT2D eigenvalue weighted by molar-refractivity contribution is 0.145. The van der Waals surface area contributed by atoms with Crippen LogP contribution in [-0.2, 0) is 0 Å². The number of nitrogens with one attached hydrogen (secondary N) is 2. The van der Waals surface area contributed by atoms with Gasteiger partial charge in [-0.25, -0.2) is 9.97 Å². The molecular formula is C17H22N6S. The predicted octanol–water partition coefficient (Wildman–Crippen LogP) is 3.30. The van der Waals surface area contributed by atoms with Gasteiger partial charge in [0.05, 0.1) is 17.6 Å². The van der Waals surface area contributed by atoms with Crippen molar-refractivity contribution in [3.8, 4) is 0 Å². The first-order chi connectivity index (χ1) is 11.8. The number of piperidine rings is 1. The molecule has 4 rings (SSSR count). The van der Waals surface area contributed by atoms with E-state index in [4.69, 9.17) is 0 Å². The van der Waals surface area contributed by atoms with Crippen molar-refractivity contribution in [2.24, 2.45) is 5.92 Å². The lowest BCUT2D eigenvalue weighted by atomic mass is 9.97. The SMILES string of the molecule is CC1CCN([C@H](CNc2ncnc3[nH]ncc23)c2cccs2)CC1. The van der Waals surface area contributed by atoms with Crippen molar-refractivity contribution < 1.29 is 0 Å². The largest absolute Gasteiger partial charge is 0.367 e. The molecule has 1 saturated heterocycles. The Morgan fingerprint density at radius 1 is 1.38 bits per heavy atom. The Hall–Kier alpha value is -1.99. The van der Waals surface area contributed by atoms with Gasteiger partial charge in [0.25, 0.3) is 0 Å². The van der Waals surface area contributed by atoms with Crippen LogP contribution in [0.15, 0.2) is 30.0 Å². The first-order valence-corrected chi connectivity index (χ1v) is 9.34. The standard InChI is InChI=1S/C17H22N6S/c1-12-4-6-23(7-5-12)14(15-3-2-8-24-15)10-18-16-13-9-21-22-17(13)20-11-19-16/h2-3,8-9,11-12,14H,4-7,10H2,1H3,(H2,18,19,20,21,22)/t14-/m1/s1. The Balaban J connectivity index is 1.53. The number of hydrogen-bond donors (Lipinski definition) is 2. The number of aromatic amines is 1. The Morgan fingerprint density at radius 2 is 2.25 bits per heavy atom. The summed E-state index contributed by atoms with van der Waals surface area (Å²) < 4.78 is 0. The minimum atomic E-state index is 0.384. The normalized spacial score (nSPS) is 18.0. The quantitative estimate of drug-likeness (QED) is 0.744. The Kier molecular flexibility index (Phi) is 4.44. The van der Waals surface area contributed by atoms with Gasteiger partial charge in [0.15, 0.2) is 5.65 Å². The van der Waals surface area contributed by atoms with Gasteiger partial charge >= 0.3 is 0 Å². The average molecular weight is 342 g/mol. The molecule has 1 aliphatic rings. The molecule has 1 aliphatic heterocycles. The van der Waals surface area contributed by atoms with Crippen LogP contribution in [0.25, 0.3) is 11.0 Å². The van der Waals surface area contributed by atoms with Gasteiger partial charge in [0, 0.05) is 11.4 Å². The molecule has 126 valence electrons. The van der Waals surface area contributed by atoms with E-state index in [1.165, 1.54) is 17.7 Å². The highest BCUT2D eigenvalue weighted by molar-refractivity contribution is 7.10. The van der Waals surface area contributed by atoms with E-state index in [-0.39, 0.29) is 0 Å². The number of likely N-dealkylation sites (tertiary alicyclic amines) is 1. The fourth-order valence-electron chi connectivity index (χ4n) is 3.33. The van der Waals surface area contributed by atoms with Crippen LogP contribution in [0.1, 0.15) is 30.7 Å². The lowest BCUT2D eigenvalue weighted by Crippen LogP contribution is -2.38. The van der Waals surface area contributed by atoms with Gasteiger partial charge in [-0.2, -0.15) is 5.10 Å². The van der Waals surface area contributed by atoms with Crippen LogP contribution in [0.5, 0.6) is 0 Å². The van der Waals surface area contributed by atoms with Gasteiger partial charge in [-0.15, -0.1) is 11.3 Å². The molecule has 2 N–H and O–H groups in total. The zero-order valence-corrected chi connectivity index (χ0v) is 14.6. The van der Waals surface area contributed by atoms with Crippen LogP contribution in [0.2, 0.25) is 0 Å². The summed E-state index contributed by atoms with van der Waals surface area (Å²) in [6.45, 7) is 5.52. The van der Waals surface area contributed by atoms with Gasteiger partial charge in [-0.3, -0.25) is 10.00 Å². The van der Waals surface area contributed by atoms with Gasteiger partial charge in [0.1, 0.15) is 12.1 Å². The highest BCUT2D eigenvalue weighted by atomic mass is 32.1. The van der Waals surface area contributed by atoms with Gasteiger partial charge in [-0.1, -0.05) is 13.0 Å². The summed E-state index contributed by atoms with van der Waals surface area (Å²) in [6, 6.07) is 4.76. The van der Waals surface area contributed by atoms with Crippen LogP contribution < -0.4 is 5.32 Å². The number of H-pyrrole nitrogens is 1. The smallest absolute Gasteiger partial charge is 0.160 e. The van der Waals surface area contributed by atoms with Gasteiger partial charge in [0.2, 0.25) is 0 Å². The number of fused-ring (bicyclic) bond motifs is 1. The second-order valence-corrected chi connectivity index (χ2v) is 7.46. The summed E-state index contributed by atoms with van der Waals surface area (Å²) in [4.78, 5) is 12.6. The molecule has 3 aromatic rings. The highest BCUT2D eigenvalue weighted by Gasteiger charge is 2.25. The third kappa shape index (κ3) is 3.14. The summed E-state index contributed by atoms with van der Waals surface area (Å²) >= 11 is 1.83. The molecule has 0 saturated carbocycles. The number of aromatic nitrogens is 4. The maximum Gasteiger partial charge on any atom is 0.160 e. The molecule has 0 bridgehead atoms. The summed E-state index contributed by atoms with van der Waals surface area (Å²) in [6.07, 6.45) is 5.91. The summed E-state index contributed by atoms with van der Waals surface area (Å²) in [5.41, 5.74) is 0.770. The Morgan fingerprint density at radius 3 is 3.04 bits per heavy atom. The second kappa shape index (κ2) is 6.86. The number of thiophene rings is 1. The molecule has 1 fully saturated rings. The maximum absolute atomic E-state index is 4.39. The van der Waals surface area contributed by atoms with Crippen LogP contribution in [-0.4, -0.2) is 44.7 Å². The van der Waals surface area contributed by atoms with Gasteiger partial charge < -0.3 is 5.32 Å². The van der Waals surface area contributed by atoms with Crippen LogP contribution in [0.3, 0.4) is 0 Å². The van der Waals surface area contributed by atoms with E-state index in [0.717, 1.165) is 42.4 Å². The second-order valence-electron chi connectivity index (χ2n) is 6.49. The topological polar surface area (TPSA) is 69.7 Å². The molecular weight excluding hydrogens is 320 g/mol. The number of rotatable bonds is 5. The van der Waals surface area contributed by atoms with Crippen molar-refractivity contribution in [2.75, 3.05) is 25.0 Å². The minimum absolute atomic E-state index is 0.384. The zero-order chi connectivity index (χ0) is 16.4. The fraction of sp³-hybridized carbons (Fsp3) is 0.471. The van der Waals surface area contributed by atoms with E-state index < -0.39 is 0 Å². The fourth-order valence-corrected chi connectivity index (χ4v) is 4.19. The highest BCUT2D eigenvalue weighted by Crippen LogP contribution is 2.30. The van der Waals surface area contributed by atoms with Crippen molar-refractivity contribution in [2.45, 2.75) is 25.8 Å². The van der Waals surface area contributed by atoms with Crippen LogP contribution in [0, 0.1) is 5.92 Å². The van der Waals surface area contributed by atoms with Gasteiger partial charge in [-0.05, 0) is 43.3 Å². The molecule has 0 spiro atoms. The van der Waals surface area contributed by atoms with E-state index in [1.54, 1.807) is 12.5 Å². The van der Waals surface area contributed by atoms with Crippen molar-refractivity contribution in [1.82, 2.24) is 25.1 Å². The van der Waals surface area contributed by atoms with E-state index >= 15 is 0 Å². The van der Waals surface area contributed by atoms with Crippen molar-refractivity contribution in [3.63, 3.8) is 0 Å². The molecule has 6 nitrogen and oxygen atoms in total. The Bertz CT molecular complexity index is 775. The monoisotopic (exact) mass is 342 g/mol. The van der Waals surface area contributed by atoms with E-state index in [9.17, 15) is 0 Å². The van der Waals surface area contributed by atoms with Crippen LogP contribution >= 0.6 is 11.3 Å². The first kappa shape index (κ1) is 15.5.